The molecule has 6 heteroatoms. The zero-order valence-corrected chi connectivity index (χ0v) is 11.0. The summed E-state index contributed by atoms with van der Waals surface area (Å²) in [6.45, 7) is 0. The van der Waals surface area contributed by atoms with E-state index in [2.05, 4.69) is 20.2 Å². The SMILES string of the molecule is O=c1[nH]c(-c2ccn[nH]2)nc2sc3c(c12)CCCC3. The van der Waals surface area contributed by atoms with E-state index in [0.29, 0.717) is 5.82 Å². The molecule has 19 heavy (non-hydrogen) atoms. The number of fused-ring (bicyclic) bond motifs is 3. The van der Waals surface area contributed by atoms with Gasteiger partial charge in [0.2, 0.25) is 0 Å². The molecule has 0 saturated heterocycles. The number of nitrogens with one attached hydrogen (secondary N) is 2. The Bertz CT molecular complexity index is 800. The molecule has 0 aliphatic heterocycles. The molecule has 3 heterocycles. The fourth-order valence-corrected chi connectivity index (χ4v) is 3.94. The van der Waals surface area contributed by atoms with E-state index in [-0.39, 0.29) is 5.56 Å². The van der Waals surface area contributed by atoms with Gasteiger partial charge >= 0.3 is 0 Å². The van der Waals surface area contributed by atoms with E-state index in [1.807, 2.05) is 0 Å². The lowest BCUT2D eigenvalue weighted by atomic mass is 9.97. The lowest BCUT2D eigenvalue weighted by Gasteiger charge is -2.09. The van der Waals surface area contributed by atoms with E-state index < -0.39 is 0 Å². The third-order valence-corrected chi connectivity index (χ3v) is 4.77. The molecule has 3 aromatic heterocycles. The quantitative estimate of drug-likeness (QED) is 0.713. The predicted octanol–water partition coefficient (Wildman–Crippen LogP) is 2.25. The van der Waals surface area contributed by atoms with Gasteiger partial charge in [0.1, 0.15) is 10.5 Å². The van der Waals surface area contributed by atoms with Crippen molar-refractivity contribution in [1.82, 2.24) is 20.2 Å². The lowest BCUT2D eigenvalue weighted by molar-refractivity contribution is 0.700. The van der Waals surface area contributed by atoms with Crippen LogP contribution in [0.1, 0.15) is 23.3 Å². The highest BCUT2D eigenvalue weighted by Gasteiger charge is 2.20. The third-order valence-electron chi connectivity index (χ3n) is 3.58. The van der Waals surface area contributed by atoms with Gasteiger partial charge in [0.15, 0.2) is 5.82 Å². The highest BCUT2D eigenvalue weighted by atomic mass is 32.1. The van der Waals surface area contributed by atoms with Gasteiger partial charge in [-0.05, 0) is 37.3 Å². The molecule has 0 atom stereocenters. The molecule has 96 valence electrons. The second-order valence-electron chi connectivity index (χ2n) is 4.78. The number of nitrogens with zero attached hydrogens (tertiary/aromatic N) is 2. The maximum absolute atomic E-state index is 12.3. The fraction of sp³-hybridized carbons (Fsp3) is 0.308. The molecule has 4 rings (SSSR count). The Morgan fingerprint density at radius 1 is 1.26 bits per heavy atom. The summed E-state index contributed by atoms with van der Waals surface area (Å²) in [5.74, 6) is 0.564. The Morgan fingerprint density at radius 3 is 3.00 bits per heavy atom. The number of hydrogen-bond donors (Lipinski definition) is 2. The van der Waals surface area contributed by atoms with E-state index in [1.54, 1.807) is 23.6 Å². The van der Waals surface area contributed by atoms with Crippen LogP contribution in [0.3, 0.4) is 0 Å². The molecule has 5 nitrogen and oxygen atoms in total. The summed E-state index contributed by atoms with van der Waals surface area (Å²) in [5.41, 5.74) is 1.93. The minimum Gasteiger partial charge on any atom is -0.305 e. The van der Waals surface area contributed by atoms with E-state index in [1.165, 1.54) is 23.3 Å². The average Bonchev–Trinajstić information content (AvgIpc) is 3.05. The Balaban J connectivity index is 2.00. The minimum absolute atomic E-state index is 0.0333. The van der Waals surface area contributed by atoms with Crippen LogP contribution in [-0.2, 0) is 12.8 Å². The van der Waals surface area contributed by atoms with Crippen molar-refractivity contribution in [2.24, 2.45) is 0 Å². The van der Waals surface area contributed by atoms with Gasteiger partial charge in [-0.25, -0.2) is 4.98 Å². The second-order valence-corrected chi connectivity index (χ2v) is 5.86. The first-order valence-electron chi connectivity index (χ1n) is 6.37. The summed E-state index contributed by atoms with van der Waals surface area (Å²) in [4.78, 5) is 21.9. The van der Waals surface area contributed by atoms with Crippen molar-refractivity contribution in [3.8, 4) is 11.5 Å². The predicted molar refractivity (Wildman–Crippen MR) is 74.5 cm³/mol. The van der Waals surface area contributed by atoms with Crippen LogP contribution in [0, 0.1) is 0 Å². The molecule has 1 aliphatic carbocycles. The number of hydrogen-bond acceptors (Lipinski definition) is 4. The van der Waals surface area contributed by atoms with Gasteiger partial charge in [-0.2, -0.15) is 5.10 Å². The van der Waals surface area contributed by atoms with Crippen LogP contribution in [0.15, 0.2) is 17.1 Å². The van der Waals surface area contributed by atoms with E-state index in [9.17, 15) is 4.79 Å². The first-order valence-corrected chi connectivity index (χ1v) is 7.19. The van der Waals surface area contributed by atoms with Crippen LogP contribution in [0.4, 0.5) is 0 Å². The summed E-state index contributed by atoms with van der Waals surface area (Å²) in [5, 5.41) is 7.51. The van der Waals surface area contributed by atoms with Crippen molar-refractivity contribution >= 4 is 21.6 Å². The molecule has 0 bridgehead atoms. The van der Waals surface area contributed by atoms with Crippen LogP contribution in [-0.4, -0.2) is 20.2 Å². The van der Waals surface area contributed by atoms with Crippen LogP contribution in [0.2, 0.25) is 0 Å². The number of aromatic amines is 2. The molecule has 0 saturated carbocycles. The topological polar surface area (TPSA) is 74.4 Å². The van der Waals surface area contributed by atoms with Crippen LogP contribution in [0.25, 0.3) is 21.7 Å². The van der Waals surface area contributed by atoms with Gasteiger partial charge in [-0.15, -0.1) is 11.3 Å². The summed E-state index contributed by atoms with van der Waals surface area (Å²) >= 11 is 1.66. The molecular weight excluding hydrogens is 260 g/mol. The van der Waals surface area contributed by atoms with Crippen molar-refractivity contribution in [2.45, 2.75) is 25.7 Å². The number of aromatic nitrogens is 4. The van der Waals surface area contributed by atoms with Crippen LogP contribution in [0.5, 0.6) is 0 Å². The van der Waals surface area contributed by atoms with E-state index in [4.69, 9.17) is 0 Å². The van der Waals surface area contributed by atoms with E-state index in [0.717, 1.165) is 28.8 Å². The van der Waals surface area contributed by atoms with Crippen LogP contribution < -0.4 is 5.56 Å². The molecule has 2 N–H and O–H groups in total. The standard InChI is InChI=1S/C13H12N4OS/c18-12-10-7-3-1-2-4-9(7)19-13(10)16-11(15-12)8-5-6-14-17-8/h5-6H,1-4H2,(H,14,17)(H,15,16,18). The smallest absolute Gasteiger partial charge is 0.260 e. The molecular formula is C13H12N4OS. The molecule has 0 radical (unpaired) electrons. The van der Waals surface area contributed by atoms with Crippen molar-refractivity contribution in [3.05, 3.63) is 33.1 Å². The normalized spacial score (nSPS) is 14.7. The second kappa shape index (κ2) is 4.03. The summed E-state index contributed by atoms with van der Waals surface area (Å²) in [6, 6.07) is 1.80. The van der Waals surface area contributed by atoms with Crippen molar-refractivity contribution < 1.29 is 0 Å². The molecule has 0 spiro atoms. The van der Waals surface area contributed by atoms with Gasteiger partial charge in [0.25, 0.3) is 5.56 Å². The average molecular weight is 272 g/mol. The molecule has 0 fully saturated rings. The zero-order valence-electron chi connectivity index (χ0n) is 10.2. The van der Waals surface area contributed by atoms with Crippen molar-refractivity contribution in [2.75, 3.05) is 0 Å². The zero-order chi connectivity index (χ0) is 12.8. The lowest BCUT2D eigenvalue weighted by Crippen LogP contribution is -2.11. The maximum atomic E-state index is 12.3. The Morgan fingerprint density at radius 2 is 2.16 bits per heavy atom. The first kappa shape index (κ1) is 10.9. The largest absolute Gasteiger partial charge is 0.305 e. The molecule has 1 aliphatic rings. The van der Waals surface area contributed by atoms with Gasteiger partial charge in [0, 0.05) is 11.1 Å². The number of rotatable bonds is 1. The van der Waals surface area contributed by atoms with E-state index >= 15 is 0 Å². The highest BCUT2D eigenvalue weighted by Crippen LogP contribution is 2.33. The van der Waals surface area contributed by atoms with Crippen molar-refractivity contribution in [3.63, 3.8) is 0 Å². The number of H-pyrrole nitrogens is 2. The summed E-state index contributed by atoms with van der Waals surface area (Å²) in [6.07, 6.45) is 6.11. The molecule has 0 amide bonds. The maximum Gasteiger partial charge on any atom is 0.260 e. The molecule has 3 aromatic rings. The number of aryl methyl sites for hydroxylation is 2. The molecule has 0 unspecified atom stereocenters. The van der Waals surface area contributed by atoms with Gasteiger partial charge in [-0.1, -0.05) is 0 Å². The fourth-order valence-electron chi connectivity index (χ4n) is 2.68. The van der Waals surface area contributed by atoms with Gasteiger partial charge in [0.05, 0.1) is 5.39 Å². The first-order chi connectivity index (χ1) is 9.33. The molecule has 0 aromatic carbocycles. The van der Waals surface area contributed by atoms with Crippen molar-refractivity contribution in [1.29, 1.82) is 0 Å². The Labute approximate surface area is 112 Å². The third kappa shape index (κ3) is 1.63. The Hall–Kier alpha value is -1.95. The van der Waals surface area contributed by atoms with Gasteiger partial charge < -0.3 is 4.98 Å². The highest BCUT2D eigenvalue weighted by molar-refractivity contribution is 7.18. The Kier molecular flexibility index (Phi) is 2.32. The van der Waals surface area contributed by atoms with Gasteiger partial charge in [-0.3, -0.25) is 9.89 Å². The summed E-state index contributed by atoms with van der Waals surface area (Å²) in [7, 11) is 0. The summed E-state index contributed by atoms with van der Waals surface area (Å²) < 4.78 is 0. The monoisotopic (exact) mass is 272 g/mol. The minimum atomic E-state index is -0.0333. The van der Waals surface area contributed by atoms with Crippen LogP contribution >= 0.6 is 11.3 Å². The number of thiophene rings is 1.